The highest BCUT2D eigenvalue weighted by molar-refractivity contribution is 5.86. The van der Waals surface area contributed by atoms with E-state index in [1.165, 1.54) is 17.9 Å². The van der Waals surface area contributed by atoms with E-state index in [-0.39, 0.29) is 5.69 Å². The molecule has 0 atom stereocenters. The maximum Gasteiger partial charge on any atom is 0.358 e. The number of methoxy groups -OCH3 is 1. The molecule has 1 aromatic heterocycles. The minimum atomic E-state index is -0.490. The topological polar surface area (TPSA) is 73.6 Å². The summed E-state index contributed by atoms with van der Waals surface area (Å²) in [5, 5.41) is 4.06. The second kappa shape index (κ2) is 5.07. The summed E-state index contributed by atoms with van der Waals surface area (Å²) < 4.78 is 6.09. The SMILES string of the molecule is COC(=O)c1ccn(-c2ccc(N=C=O)cc2)n1. The fourth-order valence-electron chi connectivity index (χ4n) is 1.41. The Labute approximate surface area is 103 Å². The van der Waals surface area contributed by atoms with Crippen LogP contribution in [0.3, 0.4) is 0 Å². The van der Waals surface area contributed by atoms with Gasteiger partial charge in [0, 0.05) is 6.20 Å². The van der Waals surface area contributed by atoms with E-state index < -0.39 is 5.97 Å². The number of rotatable bonds is 3. The number of ether oxygens (including phenoxy) is 1. The number of aromatic nitrogens is 2. The first-order valence-electron chi connectivity index (χ1n) is 5.07. The van der Waals surface area contributed by atoms with E-state index in [1.807, 2.05) is 0 Å². The molecular formula is C12H9N3O3. The smallest absolute Gasteiger partial charge is 0.358 e. The Hall–Kier alpha value is -2.72. The van der Waals surface area contributed by atoms with Crippen LogP contribution in [-0.4, -0.2) is 28.9 Å². The van der Waals surface area contributed by atoms with Crippen LogP contribution in [0.2, 0.25) is 0 Å². The number of isocyanates is 1. The number of carbonyl (C=O) groups is 1. The molecule has 0 N–H and O–H groups in total. The van der Waals surface area contributed by atoms with Crippen molar-refractivity contribution in [2.75, 3.05) is 7.11 Å². The van der Waals surface area contributed by atoms with Gasteiger partial charge in [0.25, 0.3) is 0 Å². The molecule has 0 aliphatic heterocycles. The van der Waals surface area contributed by atoms with Gasteiger partial charge in [0.1, 0.15) is 0 Å². The Bertz CT molecular complexity index is 610. The van der Waals surface area contributed by atoms with Gasteiger partial charge in [-0.25, -0.2) is 14.3 Å². The van der Waals surface area contributed by atoms with Crippen LogP contribution >= 0.6 is 0 Å². The summed E-state index contributed by atoms with van der Waals surface area (Å²) in [7, 11) is 1.30. The lowest BCUT2D eigenvalue weighted by molar-refractivity contribution is 0.0593. The van der Waals surface area contributed by atoms with Crippen molar-refractivity contribution in [2.45, 2.75) is 0 Å². The number of carbonyl (C=O) groups excluding carboxylic acids is 2. The Kier molecular flexibility index (Phi) is 3.31. The number of benzene rings is 1. The summed E-state index contributed by atoms with van der Waals surface area (Å²) in [5.74, 6) is -0.490. The fraction of sp³-hybridized carbons (Fsp3) is 0.0833. The summed E-state index contributed by atoms with van der Waals surface area (Å²) in [6, 6.07) is 8.32. The first-order chi connectivity index (χ1) is 8.74. The third-order valence-corrected chi connectivity index (χ3v) is 2.27. The van der Waals surface area contributed by atoms with Gasteiger partial charge in [-0.15, -0.1) is 0 Å². The Balaban J connectivity index is 2.28. The largest absolute Gasteiger partial charge is 0.464 e. The monoisotopic (exact) mass is 243 g/mol. The third kappa shape index (κ3) is 2.34. The molecule has 0 amide bonds. The Morgan fingerprint density at radius 2 is 2.06 bits per heavy atom. The second-order valence-corrected chi connectivity index (χ2v) is 3.36. The van der Waals surface area contributed by atoms with Gasteiger partial charge in [-0.2, -0.15) is 10.1 Å². The highest BCUT2D eigenvalue weighted by atomic mass is 16.5. The molecule has 0 aliphatic carbocycles. The zero-order valence-corrected chi connectivity index (χ0v) is 9.53. The fourth-order valence-corrected chi connectivity index (χ4v) is 1.41. The van der Waals surface area contributed by atoms with Gasteiger partial charge in [0.2, 0.25) is 6.08 Å². The van der Waals surface area contributed by atoms with E-state index in [4.69, 9.17) is 0 Å². The molecule has 0 aliphatic rings. The molecule has 0 bridgehead atoms. The lowest BCUT2D eigenvalue weighted by Gasteiger charge is -2.00. The number of nitrogens with zero attached hydrogens (tertiary/aromatic N) is 3. The first kappa shape index (κ1) is 11.8. The van der Waals surface area contributed by atoms with Gasteiger partial charge >= 0.3 is 5.97 Å². The standard InChI is InChI=1S/C12H9N3O3/c1-18-12(17)11-6-7-15(14-11)10-4-2-9(3-5-10)13-8-16/h2-7H,1H3. The van der Waals surface area contributed by atoms with Crippen molar-refractivity contribution >= 4 is 17.7 Å². The Morgan fingerprint density at radius 3 is 2.67 bits per heavy atom. The van der Waals surface area contributed by atoms with Gasteiger partial charge < -0.3 is 4.74 Å². The highest BCUT2D eigenvalue weighted by Crippen LogP contribution is 2.15. The molecule has 2 aromatic rings. The van der Waals surface area contributed by atoms with Crippen molar-refractivity contribution in [3.63, 3.8) is 0 Å². The third-order valence-electron chi connectivity index (χ3n) is 2.27. The van der Waals surface area contributed by atoms with E-state index in [0.29, 0.717) is 5.69 Å². The summed E-state index contributed by atoms with van der Waals surface area (Å²) in [6.07, 6.45) is 3.10. The molecule has 0 radical (unpaired) electrons. The van der Waals surface area contributed by atoms with E-state index >= 15 is 0 Å². The summed E-state index contributed by atoms with van der Waals surface area (Å²) in [4.78, 5) is 24.8. The maximum atomic E-state index is 11.2. The van der Waals surface area contributed by atoms with E-state index in [2.05, 4.69) is 14.8 Å². The molecular weight excluding hydrogens is 234 g/mol. The number of aliphatic imine (C=N–C) groups is 1. The molecule has 0 spiro atoms. The van der Waals surface area contributed by atoms with Crippen molar-refractivity contribution in [3.05, 3.63) is 42.2 Å². The van der Waals surface area contributed by atoms with Crippen molar-refractivity contribution in [1.29, 1.82) is 0 Å². The van der Waals surface area contributed by atoms with Crippen LogP contribution in [-0.2, 0) is 9.53 Å². The highest BCUT2D eigenvalue weighted by Gasteiger charge is 2.09. The van der Waals surface area contributed by atoms with Crippen LogP contribution in [0.5, 0.6) is 0 Å². The number of hydrogen-bond donors (Lipinski definition) is 0. The molecule has 18 heavy (non-hydrogen) atoms. The number of hydrogen-bond acceptors (Lipinski definition) is 5. The van der Waals surface area contributed by atoms with E-state index in [9.17, 15) is 9.59 Å². The van der Waals surface area contributed by atoms with Gasteiger partial charge in [-0.05, 0) is 30.3 Å². The minimum absolute atomic E-state index is 0.229. The normalized spacial score (nSPS) is 9.61. The van der Waals surface area contributed by atoms with E-state index in [1.54, 1.807) is 36.5 Å². The Morgan fingerprint density at radius 1 is 1.33 bits per heavy atom. The van der Waals surface area contributed by atoms with Crippen molar-refractivity contribution < 1.29 is 14.3 Å². The lowest BCUT2D eigenvalue weighted by Crippen LogP contribution is -2.03. The summed E-state index contributed by atoms with van der Waals surface area (Å²) in [5.41, 5.74) is 1.48. The zero-order valence-electron chi connectivity index (χ0n) is 9.53. The quantitative estimate of drug-likeness (QED) is 0.466. The average molecular weight is 243 g/mol. The predicted octanol–water partition coefficient (Wildman–Crippen LogP) is 1.63. The van der Waals surface area contributed by atoms with Crippen LogP contribution < -0.4 is 0 Å². The minimum Gasteiger partial charge on any atom is -0.464 e. The van der Waals surface area contributed by atoms with Crippen LogP contribution in [0.25, 0.3) is 5.69 Å². The molecule has 2 rings (SSSR count). The molecule has 1 heterocycles. The average Bonchev–Trinajstić information content (AvgIpc) is 2.89. The van der Waals surface area contributed by atoms with Gasteiger partial charge in [0.15, 0.2) is 5.69 Å². The van der Waals surface area contributed by atoms with Crippen molar-refractivity contribution in [3.8, 4) is 5.69 Å². The molecule has 0 unspecified atom stereocenters. The van der Waals surface area contributed by atoms with Crippen molar-refractivity contribution in [2.24, 2.45) is 4.99 Å². The molecule has 1 aromatic carbocycles. The summed E-state index contributed by atoms with van der Waals surface area (Å²) >= 11 is 0. The van der Waals surface area contributed by atoms with Crippen LogP contribution in [0.1, 0.15) is 10.5 Å². The lowest BCUT2D eigenvalue weighted by atomic mass is 10.3. The second-order valence-electron chi connectivity index (χ2n) is 3.36. The molecule has 6 nitrogen and oxygen atoms in total. The molecule has 0 fully saturated rings. The molecule has 6 heteroatoms. The zero-order chi connectivity index (χ0) is 13.0. The van der Waals surface area contributed by atoms with Gasteiger partial charge in [-0.1, -0.05) is 0 Å². The van der Waals surface area contributed by atoms with Crippen LogP contribution in [0.4, 0.5) is 5.69 Å². The maximum absolute atomic E-state index is 11.2. The van der Waals surface area contributed by atoms with Crippen LogP contribution in [0.15, 0.2) is 41.5 Å². The summed E-state index contributed by atoms with van der Waals surface area (Å²) in [6.45, 7) is 0. The molecule has 90 valence electrons. The molecule has 0 saturated carbocycles. The number of esters is 1. The molecule has 0 saturated heterocycles. The first-order valence-corrected chi connectivity index (χ1v) is 5.07. The van der Waals surface area contributed by atoms with Crippen molar-refractivity contribution in [1.82, 2.24) is 9.78 Å². The van der Waals surface area contributed by atoms with Crippen LogP contribution in [0, 0.1) is 0 Å². The van der Waals surface area contributed by atoms with Gasteiger partial charge in [-0.3, -0.25) is 0 Å². The van der Waals surface area contributed by atoms with Gasteiger partial charge in [0.05, 0.1) is 18.5 Å². The van der Waals surface area contributed by atoms with E-state index in [0.717, 1.165) is 5.69 Å². The predicted molar refractivity (Wildman–Crippen MR) is 62.7 cm³/mol.